The van der Waals surface area contributed by atoms with Gasteiger partial charge in [0.1, 0.15) is 0 Å². The molecule has 7 nitrogen and oxygen atoms in total. The van der Waals surface area contributed by atoms with Gasteiger partial charge in [-0.1, -0.05) is 41.6 Å². The molecule has 0 aliphatic rings. The van der Waals surface area contributed by atoms with Crippen LogP contribution < -0.4 is 5.32 Å². The van der Waals surface area contributed by atoms with Gasteiger partial charge in [0, 0.05) is 18.7 Å². The maximum atomic E-state index is 12.8. The Morgan fingerprint density at radius 2 is 1.97 bits per heavy atom. The van der Waals surface area contributed by atoms with Crippen molar-refractivity contribution in [1.29, 1.82) is 0 Å². The zero-order valence-corrected chi connectivity index (χ0v) is 19.7. The minimum atomic E-state index is -0.114. The summed E-state index contributed by atoms with van der Waals surface area (Å²) in [7, 11) is 1.66. The number of para-hydroxylation sites is 1. The summed E-state index contributed by atoms with van der Waals surface area (Å²) in [6, 6.07) is 15.5. The first kappa shape index (κ1) is 22.4. The van der Waals surface area contributed by atoms with E-state index in [-0.39, 0.29) is 11.7 Å². The van der Waals surface area contributed by atoms with Crippen LogP contribution in [-0.2, 0) is 16.1 Å². The summed E-state index contributed by atoms with van der Waals surface area (Å²) in [6.07, 6.45) is 0. The molecule has 32 heavy (non-hydrogen) atoms. The number of hydrogen-bond donors (Lipinski definition) is 1. The molecule has 166 valence electrons. The summed E-state index contributed by atoms with van der Waals surface area (Å²) in [5.41, 5.74) is 5.10. The summed E-state index contributed by atoms with van der Waals surface area (Å²) in [4.78, 5) is 17.5. The van der Waals surface area contributed by atoms with E-state index in [1.807, 2.05) is 67.1 Å². The molecule has 4 aromatic rings. The molecule has 4 rings (SSSR count). The number of benzene rings is 2. The van der Waals surface area contributed by atoms with Gasteiger partial charge in [-0.15, -0.1) is 0 Å². The average Bonchev–Trinajstić information content (AvgIpc) is 3.27. The number of thioether (sulfide) groups is 1. The monoisotopic (exact) mass is 469 g/mol. The van der Waals surface area contributed by atoms with Gasteiger partial charge in [0.05, 0.1) is 46.2 Å². The highest BCUT2D eigenvalue weighted by molar-refractivity contribution is 7.99. The first-order chi connectivity index (χ1) is 15.5. The number of carbonyl (C=O) groups excluding carboxylic acids is 1. The quantitative estimate of drug-likeness (QED) is 0.373. The lowest BCUT2D eigenvalue weighted by molar-refractivity contribution is -0.113. The van der Waals surface area contributed by atoms with Crippen molar-refractivity contribution in [2.24, 2.45) is 0 Å². The SMILES string of the molecule is COCCn1c(SCC(=O)Nc2c(C)nn(-c3ccccc3)c2C)nc2cc(Cl)ccc21. The van der Waals surface area contributed by atoms with Crippen LogP contribution in [-0.4, -0.2) is 44.7 Å². The lowest BCUT2D eigenvalue weighted by atomic mass is 10.3. The van der Waals surface area contributed by atoms with E-state index in [0.29, 0.717) is 18.2 Å². The van der Waals surface area contributed by atoms with E-state index in [4.69, 9.17) is 16.3 Å². The van der Waals surface area contributed by atoms with Crippen molar-refractivity contribution in [2.45, 2.75) is 25.5 Å². The maximum Gasteiger partial charge on any atom is 0.234 e. The van der Waals surface area contributed by atoms with E-state index in [2.05, 4.69) is 20.0 Å². The standard InChI is InChI=1S/C23H24ClN5O2S/c1-15-22(16(2)29(27-15)18-7-5-4-6-8-18)26-21(30)14-32-23-25-19-13-17(24)9-10-20(19)28(23)11-12-31-3/h4-10,13H,11-12,14H2,1-3H3,(H,26,30). The zero-order valence-electron chi connectivity index (χ0n) is 18.1. The molecular formula is C23H24ClN5O2S. The Labute approximate surface area is 195 Å². The summed E-state index contributed by atoms with van der Waals surface area (Å²) >= 11 is 7.51. The number of carbonyl (C=O) groups is 1. The highest BCUT2D eigenvalue weighted by Crippen LogP contribution is 2.27. The van der Waals surface area contributed by atoms with Gasteiger partial charge in [-0.25, -0.2) is 9.67 Å². The Hall–Kier alpha value is -2.81. The van der Waals surface area contributed by atoms with Gasteiger partial charge < -0.3 is 14.6 Å². The first-order valence-corrected chi connectivity index (χ1v) is 11.5. The fraction of sp³-hybridized carbons (Fsp3) is 0.261. The predicted octanol–water partition coefficient (Wildman–Crippen LogP) is 4.87. The molecule has 2 heterocycles. The van der Waals surface area contributed by atoms with E-state index >= 15 is 0 Å². The maximum absolute atomic E-state index is 12.8. The molecule has 9 heteroatoms. The Morgan fingerprint density at radius 1 is 1.19 bits per heavy atom. The molecule has 2 aromatic carbocycles. The second kappa shape index (κ2) is 9.77. The number of nitrogens with one attached hydrogen (secondary N) is 1. The van der Waals surface area contributed by atoms with Crippen LogP contribution in [0.2, 0.25) is 5.02 Å². The number of halogens is 1. The number of ether oxygens (including phenoxy) is 1. The van der Waals surface area contributed by atoms with Crippen LogP contribution in [0.15, 0.2) is 53.7 Å². The van der Waals surface area contributed by atoms with Crippen molar-refractivity contribution in [3.63, 3.8) is 0 Å². The van der Waals surface area contributed by atoms with Crippen molar-refractivity contribution in [2.75, 3.05) is 24.8 Å². The third-order valence-corrected chi connectivity index (χ3v) is 6.29. The number of methoxy groups -OCH3 is 1. The number of rotatable bonds is 8. The van der Waals surface area contributed by atoms with E-state index in [0.717, 1.165) is 39.0 Å². The second-order valence-corrected chi connectivity index (χ2v) is 8.68. The Kier molecular flexibility index (Phi) is 6.83. The van der Waals surface area contributed by atoms with Gasteiger partial charge in [-0.05, 0) is 44.2 Å². The summed E-state index contributed by atoms with van der Waals surface area (Å²) in [6.45, 7) is 5.03. The zero-order chi connectivity index (χ0) is 22.7. The minimum absolute atomic E-state index is 0.114. The molecular weight excluding hydrogens is 446 g/mol. The number of amides is 1. The summed E-state index contributed by atoms with van der Waals surface area (Å²) < 4.78 is 9.13. The van der Waals surface area contributed by atoms with E-state index < -0.39 is 0 Å². The van der Waals surface area contributed by atoms with Gasteiger partial charge in [0.2, 0.25) is 5.91 Å². The van der Waals surface area contributed by atoms with Crippen LogP contribution in [0.4, 0.5) is 5.69 Å². The van der Waals surface area contributed by atoms with Crippen LogP contribution in [0, 0.1) is 13.8 Å². The van der Waals surface area contributed by atoms with Crippen LogP contribution >= 0.6 is 23.4 Å². The van der Waals surface area contributed by atoms with E-state index in [1.54, 1.807) is 7.11 Å². The largest absolute Gasteiger partial charge is 0.383 e. The number of fused-ring (bicyclic) bond motifs is 1. The molecule has 0 atom stereocenters. The highest BCUT2D eigenvalue weighted by Gasteiger charge is 2.17. The lowest BCUT2D eigenvalue weighted by Gasteiger charge is -2.09. The lowest BCUT2D eigenvalue weighted by Crippen LogP contribution is -2.16. The molecule has 0 aliphatic heterocycles. The van der Waals surface area contributed by atoms with Crippen molar-refractivity contribution in [3.8, 4) is 5.69 Å². The molecule has 0 unspecified atom stereocenters. The Morgan fingerprint density at radius 3 is 2.72 bits per heavy atom. The number of nitrogens with zero attached hydrogens (tertiary/aromatic N) is 4. The van der Waals surface area contributed by atoms with Crippen LogP contribution in [0.1, 0.15) is 11.4 Å². The molecule has 0 saturated carbocycles. The molecule has 2 aromatic heterocycles. The summed E-state index contributed by atoms with van der Waals surface area (Å²) in [5.74, 6) is 0.108. The highest BCUT2D eigenvalue weighted by atomic mass is 35.5. The Balaban J connectivity index is 1.50. The number of aryl methyl sites for hydroxylation is 1. The van der Waals surface area contributed by atoms with E-state index in [1.165, 1.54) is 11.8 Å². The van der Waals surface area contributed by atoms with Crippen LogP contribution in [0.3, 0.4) is 0 Å². The molecule has 0 bridgehead atoms. The molecule has 0 saturated heterocycles. The fourth-order valence-corrected chi connectivity index (χ4v) is 4.55. The molecule has 0 spiro atoms. The molecule has 1 amide bonds. The van der Waals surface area contributed by atoms with E-state index in [9.17, 15) is 4.79 Å². The number of anilines is 1. The number of hydrogen-bond acceptors (Lipinski definition) is 5. The van der Waals surface area contributed by atoms with Crippen molar-refractivity contribution in [1.82, 2.24) is 19.3 Å². The fourth-order valence-electron chi connectivity index (χ4n) is 3.54. The smallest absolute Gasteiger partial charge is 0.234 e. The van der Waals surface area contributed by atoms with Gasteiger partial charge in [-0.3, -0.25) is 4.79 Å². The van der Waals surface area contributed by atoms with Crippen molar-refractivity contribution >= 4 is 46.0 Å². The molecule has 0 aliphatic carbocycles. The average molecular weight is 470 g/mol. The minimum Gasteiger partial charge on any atom is -0.383 e. The number of aromatic nitrogens is 4. The van der Waals surface area contributed by atoms with Gasteiger partial charge in [0.25, 0.3) is 0 Å². The first-order valence-electron chi connectivity index (χ1n) is 10.2. The molecule has 0 radical (unpaired) electrons. The van der Waals surface area contributed by atoms with Crippen LogP contribution in [0.5, 0.6) is 0 Å². The van der Waals surface area contributed by atoms with Gasteiger partial charge >= 0.3 is 0 Å². The Bertz CT molecular complexity index is 1250. The van der Waals surface area contributed by atoms with Crippen molar-refractivity contribution in [3.05, 3.63) is 64.9 Å². The predicted molar refractivity (Wildman–Crippen MR) is 129 cm³/mol. The third kappa shape index (κ3) is 4.67. The third-order valence-electron chi connectivity index (χ3n) is 5.08. The topological polar surface area (TPSA) is 74.0 Å². The van der Waals surface area contributed by atoms with Gasteiger partial charge in [0.15, 0.2) is 5.16 Å². The molecule has 0 fully saturated rings. The second-order valence-electron chi connectivity index (χ2n) is 7.30. The summed E-state index contributed by atoms with van der Waals surface area (Å²) in [5, 5.41) is 8.99. The van der Waals surface area contributed by atoms with Gasteiger partial charge in [-0.2, -0.15) is 5.10 Å². The van der Waals surface area contributed by atoms with Crippen LogP contribution in [0.25, 0.3) is 16.7 Å². The number of imidazole rings is 1. The molecule has 1 N–H and O–H groups in total. The normalized spacial score (nSPS) is 11.2. The van der Waals surface area contributed by atoms with Crippen molar-refractivity contribution < 1.29 is 9.53 Å².